The number of H-pyrrole nitrogens is 1. The Kier molecular flexibility index (Phi) is 7.67. The predicted molar refractivity (Wildman–Crippen MR) is 127 cm³/mol. The lowest BCUT2D eigenvalue weighted by Crippen LogP contribution is -2.54. The number of aromatic amines is 1. The van der Waals surface area contributed by atoms with E-state index in [2.05, 4.69) is 22.5 Å². The van der Waals surface area contributed by atoms with Crippen LogP contribution >= 0.6 is 0 Å². The van der Waals surface area contributed by atoms with E-state index in [1.165, 1.54) is 0 Å². The molecule has 2 amide bonds. The summed E-state index contributed by atoms with van der Waals surface area (Å²) in [5, 5.41) is 7.45. The highest BCUT2D eigenvalue weighted by molar-refractivity contribution is 5.91. The second kappa shape index (κ2) is 10.7. The molecule has 180 valence electrons. The molecule has 0 radical (unpaired) electrons. The molecule has 0 aliphatic carbocycles. The number of rotatable bonds is 7. The lowest BCUT2D eigenvalue weighted by atomic mass is 9.90. The van der Waals surface area contributed by atoms with Gasteiger partial charge in [0, 0.05) is 42.5 Å². The van der Waals surface area contributed by atoms with Crippen LogP contribution in [0.25, 0.3) is 10.9 Å². The molecule has 3 heterocycles. The van der Waals surface area contributed by atoms with Crippen LogP contribution in [0.15, 0.2) is 30.5 Å². The number of aromatic nitrogens is 1. The van der Waals surface area contributed by atoms with Crippen LogP contribution in [0.2, 0.25) is 0 Å². The first-order valence-electron chi connectivity index (χ1n) is 12.0. The molecule has 0 spiro atoms. The van der Waals surface area contributed by atoms with Crippen LogP contribution in [0.5, 0.6) is 0 Å². The van der Waals surface area contributed by atoms with Crippen molar-refractivity contribution < 1.29 is 19.1 Å². The molecule has 2 aliphatic heterocycles. The van der Waals surface area contributed by atoms with Crippen molar-refractivity contribution in [1.29, 1.82) is 0 Å². The van der Waals surface area contributed by atoms with Crippen molar-refractivity contribution >= 4 is 22.7 Å². The normalized spacial score (nSPS) is 25.4. The molecule has 1 aromatic carbocycles. The Morgan fingerprint density at radius 3 is 2.73 bits per heavy atom. The molecular weight excluding hydrogens is 420 g/mol. The Morgan fingerprint density at radius 1 is 1.24 bits per heavy atom. The maximum Gasteiger partial charge on any atom is 0.245 e. The number of benzene rings is 1. The predicted octanol–water partition coefficient (Wildman–Crippen LogP) is 2.22. The Hall–Kier alpha value is -2.42. The van der Waals surface area contributed by atoms with Gasteiger partial charge in [-0.1, -0.05) is 32.0 Å². The highest BCUT2D eigenvalue weighted by Crippen LogP contribution is 2.29. The zero-order valence-corrected chi connectivity index (χ0v) is 19.8. The van der Waals surface area contributed by atoms with Crippen molar-refractivity contribution in [2.24, 2.45) is 11.8 Å². The zero-order chi connectivity index (χ0) is 23.4. The summed E-state index contributed by atoms with van der Waals surface area (Å²) in [6, 6.07) is 7.33. The van der Waals surface area contributed by atoms with Crippen molar-refractivity contribution in [3.05, 3.63) is 36.0 Å². The molecule has 8 heteroatoms. The third kappa shape index (κ3) is 5.57. The molecule has 3 atom stereocenters. The number of amides is 2. The van der Waals surface area contributed by atoms with E-state index in [4.69, 9.17) is 9.47 Å². The van der Waals surface area contributed by atoms with Crippen molar-refractivity contribution in [3.8, 4) is 0 Å². The third-order valence-corrected chi connectivity index (χ3v) is 6.78. The van der Waals surface area contributed by atoms with Gasteiger partial charge >= 0.3 is 0 Å². The number of piperidine rings is 1. The second-order valence-corrected chi connectivity index (χ2v) is 9.53. The molecule has 2 saturated heterocycles. The van der Waals surface area contributed by atoms with Crippen LogP contribution in [0.1, 0.15) is 38.2 Å². The Morgan fingerprint density at radius 2 is 2.00 bits per heavy atom. The molecule has 1 aromatic heterocycles. The van der Waals surface area contributed by atoms with Crippen molar-refractivity contribution in [1.82, 2.24) is 20.5 Å². The van der Waals surface area contributed by atoms with Crippen LogP contribution in [0.3, 0.4) is 0 Å². The summed E-state index contributed by atoms with van der Waals surface area (Å²) < 4.78 is 11.5. The van der Waals surface area contributed by atoms with E-state index >= 15 is 0 Å². The van der Waals surface area contributed by atoms with Gasteiger partial charge in [-0.25, -0.2) is 0 Å². The molecule has 0 bridgehead atoms. The number of carbonyl (C=O) groups excluding carboxylic acids is 2. The van der Waals surface area contributed by atoms with Gasteiger partial charge in [0.2, 0.25) is 11.8 Å². The first kappa shape index (κ1) is 23.7. The molecular formula is C25H36N4O4. The summed E-state index contributed by atoms with van der Waals surface area (Å²) in [4.78, 5) is 31.7. The van der Waals surface area contributed by atoms with Gasteiger partial charge in [0.05, 0.1) is 25.7 Å². The number of likely N-dealkylation sites (N-methyl/N-ethyl adjacent to an activating group) is 1. The molecule has 4 rings (SSSR count). The Balaban J connectivity index is 1.53. The van der Waals surface area contributed by atoms with Crippen molar-refractivity contribution in [3.63, 3.8) is 0 Å². The monoisotopic (exact) mass is 456 g/mol. The van der Waals surface area contributed by atoms with E-state index < -0.39 is 12.3 Å². The van der Waals surface area contributed by atoms with Crippen LogP contribution < -0.4 is 10.6 Å². The van der Waals surface area contributed by atoms with E-state index in [1.807, 2.05) is 37.4 Å². The van der Waals surface area contributed by atoms with Gasteiger partial charge < -0.3 is 30.0 Å². The molecule has 2 aromatic rings. The van der Waals surface area contributed by atoms with E-state index in [9.17, 15) is 9.59 Å². The second-order valence-electron chi connectivity index (χ2n) is 9.53. The average molecular weight is 457 g/mol. The molecule has 33 heavy (non-hydrogen) atoms. The minimum atomic E-state index is -0.689. The van der Waals surface area contributed by atoms with Gasteiger partial charge in [0.25, 0.3) is 0 Å². The number of carbonyl (C=O) groups is 2. The third-order valence-electron chi connectivity index (χ3n) is 6.78. The average Bonchev–Trinajstić information content (AvgIpc) is 3.27. The number of ether oxygens (including phenoxy) is 2. The quantitative estimate of drug-likeness (QED) is 0.594. The number of para-hydroxylation sites is 1. The minimum Gasteiger partial charge on any atom is -0.361 e. The minimum absolute atomic E-state index is 0.0698. The Labute approximate surface area is 195 Å². The molecule has 2 aliphatic rings. The lowest BCUT2D eigenvalue weighted by Gasteiger charge is -2.34. The lowest BCUT2D eigenvalue weighted by molar-refractivity contribution is -0.204. The summed E-state index contributed by atoms with van der Waals surface area (Å²) in [6.45, 7) is 7.21. The van der Waals surface area contributed by atoms with Gasteiger partial charge in [-0.05, 0) is 31.0 Å². The standard InChI is InChI=1S/C25H36N4O4/c1-16-14-32-22(33-15-16)13-29(3)25(31)23(28-24(30)18-7-6-10-26-11-18)17(2)20-12-27-21-9-5-4-8-19(20)21/h4-5,8-9,12,16-18,22-23,26-27H,6-7,10-11,13-15H2,1-3H3,(H,28,30). The number of nitrogens with zero attached hydrogens (tertiary/aromatic N) is 1. The smallest absolute Gasteiger partial charge is 0.245 e. The summed E-state index contributed by atoms with van der Waals surface area (Å²) >= 11 is 0. The van der Waals surface area contributed by atoms with Gasteiger partial charge in [-0.15, -0.1) is 0 Å². The van der Waals surface area contributed by atoms with Gasteiger partial charge in [0.15, 0.2) is 6.29 Å². The maximum absolute atomic E-state index is 13.6. The first-order valence-corrected chi connectivity index (χ1v) is 12.0. The SMILES string of the molecule is CC1COC(CN(C)C(=O)C(NC(=O)C2CCCNC2)C(C)c2c[nH]c3ccccc23)OC1. The van der Waals surface area contributed by atoms with Crippen molar-refractivity contribution in [2.75, 3.05) is 39.9 Å². The van der Waals surface area contributed by atoms with Gasteiger partial charge in [-0.3, -0.25) is 9.59 Å². The largest absolute Gasteiger partial charge is 0.361 e. The number of hydrogen-bond acceptors (Lipinski definition) is 5. The van der Waals surface area contributed by atoms with Crippen LogP contribution in [-0.2, 0) is 19.1 Å². The highest BCUT2D eigenvalue weighted by Gasteiger charge is 2.35. The summed E-state index contributed by atoms with van der Waals surface area (Å²) in [5.41, 5.74) is 2.03. The number of nitrogens with one attached hydrogen (secondary N) is 3. The fraction of sp³-hybridized carbons (Fsp3) is 0.600. The highest BCUT2D eigenvalue weighted by atomic mass is 16.7. The molecule has 2 fully saturated rings. The number of fused-ring (bicyclic) bond motifs is 1. The van der Waals surface area contributed by atoms with Crippen LogP contribution in [0, 0.1) is 11.8 Å². The topological polar surface area (TPSA) is 95.7 Å². The Bertz CT molecular complexity index is 947. The summed E-state index contributed by atoms with van der Waals surface area (Å²) in [7, 11) is 1.75. The van der Waals surface area contributed by atoms with Crippen LogP contribution in [0.4, 0.5) is 0 Å². The van der Waals surface area contributed by atoms with Crippen LogP contribution in [-0.4, -0.2) is 73.9 Å². The van der Waals surface area contributed by atoms with Gasteiger partial charge in [0.1, 0.15) is 6.04 Å². The number of hydrogen-bond donors (Lipinski definition) is 3. The van der Waals surface area contributed by atoms with Crippen molar-refractivity contribution in [2.45, 2.75) is 44.9 Å². The first-order chi connectivity index (χ1) is 15.9. The zero-order valence-electron chi connectivity index (χ0n) is 19.8. The molecule has 3 unspecified atom stereocenters. The fourth-order valence-electron chi connectivity index (χ4n) is 4.69. The fourth-order valence-corrected chi connectivity index (χ4v) is 4.69. The van der Waals surface area contributed by atoms with E-state index in [-0.39, 0.29) is 23.7 Å². The van der Waals surface area contributed by atoms with E-state index in [1.54, 1.807) is 11.9 Å². The van der Waals surface area contributed by atoms with E-state index in [0.29, 0.717) is 32.2 Å². The molecule has 8 nitrogen and oxygen atoms in total. The molecule has 0 saturated carbocycles. The summed E-state index contributed by atoms with van der Waals surface area (Å²) in [5.74, 6) is -0.207. The molecule has 3 N–H and O–H groups in total. The maximum atomic E-state index is 13.6. The summed E-state index contributed by atoms with van der Waals surface area (Å²) in [6.07, 6.45) is 3.29. The van der Waals surface area contributed by atoms with E-state index in [0.717, 1.165) is 35.9 Å². The van der Waals surface area contributed by atoms with Gasteiger partial charge in [-0.2, -0.15) is 0 Å².